The molecule has 1 aliphatic carbocycles. The Bertz CT molecular complexity index is 342. The summed E-state index contributed by atoms with van der Waals surface area (Å²) in [4.78, 5) is 25.4. The topological polar surface area (TPSA) is 63.4 Å². The summed E-state index contributed by atoms with van der Waals surface area (Å²) in [5.74, 6) is 1.25. The summed E-state index contributed by atoms with van der Waals surface area (Å²) in [5, 5.41) is 0. The third-order valence-corrected chi connectivity index (χ3v) is 5.20. The molecule has 0 aromatic rings. The van der Waals surface area contributed by atoms with Gasteiger partial charge in [0.15, 0.2) is 0 Å². The van der Waals surface area contributed by atoms with Crippen LogP contribution in [0.1, 0.15) is 58.3 Å². The number of carbonyl (C=O) groups is 2. The first-order chi connectivity index (χ1) is 9.58. The Kier molecular flexibility index (Phi) is 5.44. The van der Waals surface area contributed by atoms with Crippen molar-refractivity contribution < 1.29 is 9.59 Å². The molecule has 4 heteroatoms. The van der Waals surface area contributed by atoms with Crippen molar-refractivity contribution in [2.24, 2.45) is 23.5 Å². The zero-order valence-corrected chi connectivity index (χ0v) is 12.6. The molecule has 1 aliphatic heterocycles. The van der Waals surface area contributed by atoms with Gasteiger partial charge < -0.3 is 10.6 Å². The first-order valence-corrected chi connectivity index (χ1v) is 8.15. The van der Waals surface area contributed by atoms with Crippen LogP contribution in [0.15, 0.2) is 0 Å². The Hall–Kier alpha value is -1.06. The van der Waals surface area contributed by atoms with Gasteiger partial charge in [0.25, 0.3) is 0 Å². The molecule has 1 heterocycles. The summed E-state index contributed by atoms with van der Waals surface area (Å²) in [5.41, 5.74) is 5.32. The molecule has 0 unspecified atom stereocenters. The summed E-state index contributed by atoms with van der Waals surface area (Å²) in [6.45, 7) is 3.62. The quantitative estimate of drug-likeness (QED) is 0.859. The van der Waals surface area contributed by atoms with Gasteiger partial charge in [0.2, 0.25) is 11.8 Å². The van der Waals surface area contributed by atoms with E-state index in [0.29, 0.717) is 25.4 Å². The van der Waals surface area contributed by atoms with Crippen LogP contribution in [0, 0.1) is 17.8 Å². The highest BCUT2D eigenvalue weighted by Crippen LogP contribution is 2.32. The van der Waals surface area contributed by atoms with Crippen LogP contribution in [-0.4, -0.2) is 29.8 Å². The van der Waals surface area contributed by atoms with Gasteiger partial charge in [0, 0.05) is 25.4 Å². The third-order valence-electron chi connectivity index (χ3n) is 5.20. The van der Waals surface area contributed by atoms with Crippen LogP contribution in [0.4, 0.5) is 0 Å². The Morgan fingerprint density at radius 2 is 1.70 bits per heavy atom. The second-order valence-corrected chi connectivity index (χ2v) is 6.64. The molecule has 1 atom stereocenters. The fourth-order valence-electron chi connectivity index (χ4n) is 3.69. The number of hydrogen-bond donors (Lipinski definition) is 1. The summed E-state index contributed by atoms with van der Waals surface area (Å²) >= 11 is 0. The van der Waals surface area contributed by atoms with Crippen molar-refractivity contribution in [3.8, 4) is 0 Å². The monoisotopic (exact) mass is 280 g/mol. The highest BCUT2D eigenvalue weighted by Gasteiger charge is 2.28. The molecule has 114 valence electrons. The molecular weight excluding hydrogens is 252 g/mol. The fraction of sp³-hybridized carbons (Fsp3) is 0.875. The molecule has 0 spiro atoms. The van der Waals surface area contributed by atoms with Gasteiger partial charge in [-0.2, -0.15) is 0 Å². The third kappa shape index (κ3) is 3.97. The van der Waals surface area contributed by atoms with Crippen molar-refractivity contribution in [3.05, 3.63) is 0 Å². The van der Waals surface area contributed by atoms with Crippen LogP contribution < -0.4 is 5.73 Å². The highest BCUT2D eigenvalue weighted by molar-refractivity contribution is 5.79. The molecule has 0 aromatic heterocycles. The second kappa shape index (κ2) is 7.09. The van der Waals surface area contributed by atoms with Crippen molar-refractivity contribution in [3.63, 3.8) is 0 Å². The first kappa shape index (κ1) is 15.3. The largest absolute Gasteiger partial charge is 0.369 e. The van der Waals surface area contributed by atoms with Gasteiger partial charge in [-0.3, -0.25) is 9.59 Å². The molecule has 2 amide bonds. The van der Waals surface area contributed by atoms with E-state index in [1.165, 1.54) is 32.1 Å². The zero-order chi connectivity index (χ0) is 14.5. The molecule has 0 aromatic carbocycles. The second-order valence-electron chi connectivity index (χ2n) is 6.64. The molecule has 4 nitrogen and oxygen atoms in total. The van der Waals surface area contributed by atoms with Gasteiger partial charge in [0.1, 0.15) is 0 Å². The average molecular weight is 280 g/mol. The molecule has 2 aliphatic rings. The molecule has 20 heavy (non-hydrogen) atoms. The number of piperidine rings is 1. The molecule has 0 radical (unpaired) electrons. The average Bonchev–Trinajstić information content (AvgIpc) is 2.48. The van der Waals surface area contributed by atoms with Gasteiger partial charge in [-0.15, -0.1) is 0 Å². The van der Waals surface area contributed by atoms with Gasteiger partial charge in [-0.25, -0.2) is 0 Å². The van der Waals surface area contributed by atoms with Gasteiger partial charge in [-0.05, 0) is 24.7 Å². The van der Waals surface area contributed by atoms with Crippen LogP contribution in [0.25, 0.3) is 0 Å². The lowest BCUT2D eigenvalue weighted by Gasteiger charge is -2.33. The molecule has 1 saturated heterocycles. The predicted octanol–water partition coefficient (Wildman–Crippen LogP) is 2.32. The maximum atomic E-state index is 12.3. The van der Waals surface area contributed by atoms with E-state index in [1.54, 1.807) is 0 Å². The van der Waals surface area contributed by atoms with Crippen LogP contribution in [0.3, 0.4) is 0 Å². The number of carbonyl (C=O) groups excluding carboxylic acids is 2. The standard InChI is InChI=1S/C16H28N2O2/c1-12(13-5-3-2-4-6-13)11-15(19)18-9-7-14(8-10-18)16(17)20/h12-14H,2-11H2,1H3,(H2,17,20)/t12-/m1/s1. The van der Waals surface area contributed by atoms with E-state index in [4.69, 9.17) is 5.73 Å². The minimum atomic E-state index is -0.215. The lowest BCUT2D eigenvalue weighted by Crippen LogP contribution is -2.42. The predicted molar refractivity (Wildman–Crippen MR) is 78.9 cm³/mol. The lowest BCUT2D eigenvalue weighted by atomic mass is 9.79. The fourth-order valence-corrected chi connectivity index (χ4v) is 3.69. The number of likely N-dealkylation sites (tertiary alicyclic amines) is 1. The maximum Gasteiger partial charge on any atom is 0.222 e. The van der Waals surface area contributed by atoms with Gasteiger partial charge in [0.05, 0.1) is 0 Å². The highest BCUT2D eigenvalue weighted by atomic mass is 16.2. The van der Waals surface area contributed by atoms with Crippen molar-refractivity contribution >= 4 is 11.8 Å². The minimum absolute atomic E-state index is 0.0326. The van der Waals surface area contributed by atoms with Crippen LogP contribution in [-0.2, 0) is 9.59 Å². The van der Waals surface area contributed by atoms with Crippen LogP contribution in [0.2, 0.25) is 0 Å². The van der Waals surface area contributed by atoms with Crippen LogP contribution >= 0.6 is 0 Å². The zero-order valence-electron chi connectivity index (χ0n) is 12.6. The van der Waals surface area contributed by atoms with Crippen molar-refractivity contribution in [1.29, 1.82) is 0 Å². The summed E-state index contributed by atoms with van der Waals surface area (Å²) < 4.78 is 0. The summed E-state index contributed by atoms with van der Waals surface area (Å²) in [6.07, 6.45) is 8.73. The van der Waals surface area contributed by atoms with Gasteiger partial charge >= 0.3 is 0 Å². The summed E-state index contributed by atoms with van der Waals surface area (Å²) in [7, 11) is 0. The number of primary amides is 1. The van der Waals surface area contributed by atoms with Crippen molar-refractivity contribution in [1.82, 2.24) is 4.90 Å². The Labute approximate surface area is 122 Å². The SMILES string of the molecule is C[C@H](CC(=O)N1CCC(C(N)=O)CC1)C1CCCCC1. The first-order valence-electron chi connectivity index (χ1n) is 8.15. The number of hydrogen-bond acceptors (Lipinski definition) is 2. The number of nitrogens with zero attached hydrogens (tertiary/aromatic N) is 1. The van der Waals surface area contributed by atoms with Crippen LogP contribution in [0.5, 0.6) is 0 Å². The Balaban J connectivity index is 1.76. The molecular formula is C16H28N2O2. The van der Waals surface area contributed by atoms with E-state index >= 15 is 0 Å². The molecule has 2 fully saturated rings. The van der Waals surface area contributed by atoms with E-state index in [-0.39, 0.29) is 17.7 Å². The Morgan fingerprint density at radius 1 is 1.10 bits per heavy atom. The minimum Gasteiger partial charge on any atom is -0.369 e. The maximum absolute atomic E-state index is 12.3. The molecule has 2 rings (SSSR count). The van der Waals surface area contributed by atoms with Gasteiger partial charge in [-0.1, -0.05) is 39.0 Å². The van der Waals surface area contributed by atoms with Crippen molar-refractivity contribution in [2.45, 2.75) is 58.3 Å². The number of rotatable bonds is 4. The number of nitrogens with two attached hydrogens (primary N) is 1. The van der Waals surface area contributed by atoms with E-state index < -0.39 is 0 Å². The smallest absolute Gasteiger partial charge is 0.222 e. The van der Waals surface area contributed by atoms with E-state index in [9.17, 15) is 9.59 Å². The lowest BCUT2D eigenvalue weighted by molar-refractivity contribution is -0.136. The van der Waals surface area contributed by atoms with E-state index in [0.717, 1.165) is 18.8 Å². The molecule has 0 bridgehead atoms. The Morgan fingerprint density at radius 3 is 2.25 bits per heavy atom. The number of amides is 2. The normalized spacial score (nSPS) is 23.6. The van der Waals surface area contributed by atoms with Crippen molar-refractivity contribution in [2.75, 3.05) is 13.1 Å². The molecule has 2 N–H and O–H groups in total. The van der Waals surface area contributed by atoms with E-state index in [1.807, 2.05) is 4.90 Å². The van der Waals surface area contributed by atoms with E-state index in [2.05, 4.69) is 6.92 Å². The molecule has 1 saturated carbocycles. The summed E-state index contributed by atoms with van der Waals surface area (Å²) in [6, 6.07) is 0.